The second kappa shape index (κ2) is 5.61. The Kier molecular flexibility index (Phi) is 3.79. The Hall–Kier alpha value is -2.07. The minimum absolute atomic E-state index is 0.105. The second-order valence-corrected chi connectivity index (χ2v) is 6.10. The van der Waals surface area contributed by atoms with Crippen LogP contribution >= 0.6 is 11.6 Å². The molecule has 0 spiro atoms. The van der Waals surface area contributed by atoms with Crippen molar-refractivity contribution in [2.75, 3.05) is 6.54 Å². The van der Waals surface area contributed by atoms with Crippen molar-refractivity contribution in [3.05, 3.63) is 67.6 Å². The predicted molar refractivity (Wildman–Crippen MR) is 86.4 cm³/mol. The third-order valence-electron chi connectivity index (χ3n) is 4.09. The molecule has 22 heavy (non-hydrogen) atoms. The quantitative estimate of drug-likeness (QED) is 0.926. The van der Waals surface area contributed by atoms with Gasteiger partial charge in [0.15, 0.2) is 0 Å². The fourth-order valence-electron chi connectivity index (χ4n) is 2.95. The maximum absolute atomic E-state index is 12.7. The number of H-pyrrole nitrogens is 1. The molecule has 3 rings (SSSR count). The number of nitrogens with zero attached hydrogens (tertiary/aromatic N) is 1. The molecule has 0 unspecified atom stereocenters. The number of carbonyl (C=O) groups is 1. The normalized spacial score (nSPS) is 14.1. The van der Waals surface area contributed by atoms with Gasteiger partial charge in [-0.3, -0.25) is 9.59 Å². The monoisotopic (exact) mass is 316 g/mol. The van der Waals surface area contributed by atoms with Crippen molar-refractivity contribution in [1.82, 2.24) is 9.88 Å². The molecule has 0 atom stereocenters. The summed E-state index contributed by atoms with van der Waals surface area (Å²) in [6.07, 6.45) is 0.754. The number of benzene rings is 1. The topological polar surface area (TPSA) is 53.2 Å². The van der Waals surface area contributed by atoms with Crippen molar-refractivity contribution in [2.24, 2.45) is 0 Å². The summed E-state index contributed by atoms with van der Waals surface area (Å²) in [7, 11) is 0. The summed E-state index contributed by atoms with van der Waals surface area (Å²) in [5.41, 5.74) is 3.77. The first-order valence-corrected chi connectivity index (χ1v) is 7.61. The average Bonchev–Trinajstić information content (AvgIpc) is 2.45. The molecular weight excluding hydrogens is 300 g/mol. The Bertz CT molecular complexity index is 811. The Morgan fingerprint density at radius 1 is 1.27 bits per heavy atom. The molecule has 1 aromatic carbocycles. The Morgan fingerprint density at radius 2 is 2.05 bits per heavy atom. The third-order valence-corrected chi connectivity index (χ3v) is 4.41. The summed E-state index contributed by atoms with van der Waals surface area (Å²) in [6, 6.07) is 7.44. The van der Waals surface area contributed by atoms with Gasteiger partial charge in [-0.1, -0.05) is 23.7 Å². The van der Waals surface area contributed by atoms with Gasteiger partial charge in [0, 0.05) is 17.8 Å². The molecule has 0 radical (unpaired) electrons. The average molecular weight is 317 g/mol. The molecule has 0 saturated carbocycles. The lowest BCUT2D eigenvalue weighted by Crippen LogP contribution is -2.39. The maximum Gasteiger partial charge on any atom is 0.255 e. The molecule has 0 bridgehead atoms. The van der Waals surface area contributed by atoms with Crippen LogP contribution in [0.5, 0.6) is 0 Å². The van der Waals surface area contributed by atoms with Crippen molar-refractivity contribution in [2.45, 2.75) is 26.8 Å². The number of halogens is 1. The first-order chi connectivity index (χ1) is 10.5. The van der Waals surface area contributed by atoms with E-state index in [0.29, 0.717) is 29.2 Å². The van der Waals surface area contributed by atoms with Gasteiger partial charge in [0.2, 0.25) is 0 Å². The predicted octanol–water partition coefficient (Wildman–Crippen LogP) is 2.84. The molecule has 2 aromatic rings. The molecule has 1 aliphatic rings. The molecule has 5 heteroatoms. The molecule has 1 aliphatic heterocycles. The molecule has 1 amide bonds. The minimum atomic E-state index is -0.129. The lowest BCUT2D eigenvalue weighted by atomic mass is 9.98. The van der Waals surface area contributed by atoms with Crippen LogP contribution in [0.2, 0.25) is 5.02 Å². The lowest BCUT2D eigenvalue weighted by Gasteiger charge is -2.29. The number of rotatable bonds is 2. The van der Waals surface area contributed by atoms with E-state index in [9.17, 15) is 9.59 Å². The zero-order valence-corrected chi connectivity index (χ0v) is 13.3. The number of carbonyl (C=O) groups excluding carboxylic acids is 1. The van der Waals surface area contributed by atoms with E-state index < -0.39 is 0 Å². The van der Waals surface area contributed by atoms with Crippen molar-refractivity contribution in [3.8, 4) is 0 Å². The van der Waals surface area contributed by atoms with Crippen molar-refractivity contribution >= 4 is 17.5 Å². The first-order valence-electron chi connectivity index (χ1n) is 7.23. The van der Waals surface area contributed by atoms with Crippen LogP contribution in [0, 0.1) is 13.8 Å². The zero-order chi connectivity index (χ0) is 15.9. The molecule has 114 valence electrons. The highest BCUT2D eigenvalue weighted by Crippen LogP contribution is 2.27. The van der Waals surface area contributed by atoms with E-state index in [-0.39, 0.29) is 11.5 Å². The van der Waals surface area contributed by atoms with Gasteiger partial charge in [0.25, 0.3) is 11.5 Å². The van der Waals surface area contributed by atoms with Crippen molar-refractivity contribution in [1.29, 1.82) is 0 Å². The van der Waals surface area contributed by atoms with Gasteiger partial charge < -0.3 is 9.88 Å². The summed E-state index contributed by atoms with van der Waals surface area (Å²) in [4.78, 5) is 29.3. The van der Waals surface area contributed by atoms with E-state index in [1.54, 1.807) is 11.0 Å². The van der Waals surface area contributed by atoms with Gasteiger partial charge in [0.05, 0.1) is 17.1 Å². The van der Waals surface area contributed by atoms with Gasteiger partial charge in [-0.2, -0.15) is 0 Å². The minimum Gasteiger partial charge on any atom is -0.334 e. The van der Waals surface area contributed by atoms with Gasteiger partial charge >= 0.3 is 0 Å². The first kappa shape index (κ1) is 14.9. The largest absolute Gasteiger partial charge is 0.334 e. The highest BCUT2D eigenvalue weighted by Gasteiger charge is 2.27. The van der Waals surface area contributed by atoms with Crippen LogP contribution in [0.1, 0.15) is 32.7 Å². The van der Waals surface area contributed by atoms with Gasteiger partial charge in [-0.05, 0) is 43.5 Å². The summed E-state index contributed by atoms with van der Waals surface area (Å²) >= 11 is 6.17. The van der Waals surface area contributed by atoms with E-state index in [0.717, 1.165) is 23.2 Å². The molecule has 0 aliphatic carbocycles. The van der Waals surface area contributed by atoms with Gasteiger partial charge in [-0.25, -0.2) is 0 Å². The van der Waals surface area contributed by atoms with Crippen molar-refractivity contribution < 1.29 is 4.79 Å². The van der Waals surface area contributed by atoms with E-state index >= 15 is 0 Å². The van der Waals surface area contributed by atoms with Crippen LogP contribution in [0.25, 0.3) is 0 Å². The molecule has 1 aromatic heterocycles. The smallest absolute Gasteiger partial charge is 0.255 e. The summed E-state index contributed by atoms with van der Waals surface area (Å²) < 4.78 is 0. The molecule has 2 heterocycles. The number of amides is 1. The number of aromatic amines is 1. The third kappa shape index (κ3) is 2.55. The van der Waals surface area contributed by atoms with E-state index in [1.807, 2.05) is 32.0 Å². The van der Waals surface area contributed by atoms with E-state index in [4.69, 9.17) is 11.6 Å². The van der Waals surface area contributed by atoms with Gasteiger partial charge in [-0.15, -0.1) is 0 Å². The fraction of sp³-hybridized carbons (Fsp3) is 0.294. The van der Waals surface area contributed by atoms with Crippen LogP contribution < -0.4 is 5.56 Å². The number of pyridine rings is 1. The van der Waals surface area contributed by atoms with Crippen LogP contribution in [0.3, 0.4) is 0 Å². The lowest BCUT2D eigenvalue weighted by molar-refractivity contribution is 0.0726. The number of nitrogens with one attached hydrogen (secondary N) is 1. The Labute approximate surface area is 133 Å². The molecule has 0 fully saturated rings. The van der Waals surface area contributed by atoms with E-state index in [1.165, 1.54) is 0 Å². The molecule has 0 saturated heterocycles. The zero-order valence-electron chi connectivity index (χ0n) is 12.6. The fourth-order valence-corrected chi connectivity index (χ4v) is 3.23. The molecular formula is C17H17ClN2O2. The van der Waals surface area contributed by atoms with Crippen molar-refractivity contribution in [3.63, 3.8) is 0 Å². The van der Waals surface area contributed by atoms with Crippen LogP contribution in [0.15, 0.2) is 29.1 Å². The highest BCUT2D eigenvalue weighted by atomic mass is 35.5. The molecule has 4 nitrogen and oxygen atoms in total. The van der Waals surface area contributed by atoms with E-state index in [2.05, 4.69) is 4.98 Å². The standard InChI is InChI=1S/C17H17ClN2O2/c1-10-8-11(2)19-16(21)13(10)9-20-7-6-12-4-3-5-14(18)15(12)17(20)22/h3-5,8H,6-7,9H2,1-2H3,(H,19,21). The van der Waals surface area contributed by atoms with Crippen LogP contribution in [0.4, 0.5) is 0 Å². The van der Waals surface area contributed by atoms with Gasteiger partial charge in [0.1, 0.15) is 0 Å². The summed E-state index contributed by atoms with van der Waals surface area (Å²) in [5.74, 6) is -0.105. The summed E-state index contributed by atoms with van der Waals surface area (Å²) in [5, 5.41) is 0.474. The highest BCUT2D eigenvalue weighted by molar-refractivity contribution is 6.34. The number of aryl methyl sites for hydroxylation is 2. The SMILES string of the molecule is Cc1cc(C)c(CN2CCc3cccc(Cl)c3C2=O)c(=O)[nH]1. The number of fused-ring (bicyclic) bond motifs is 1. The molecule has 1 N–H and O–H groups in total. The Morgan fingerprint density at radius 3 is 2.77 bits per heavy atom. The number of hydrogen-bond donors (Lipinski definition) is 1. The van der Waals surface area contributed by atoms with Crippen LogP contribution in [-0.2, 0) is 13.0 Å². The number of hydrogen-bond acceptors (Lipinski definition) is 2. The summed E-state index contributed by atoms with van der Waals surface area (Å²) in [6.45, 7) is 4.65. The number of aromatic nitrogens is 1. The maximum atomic E-state index is 12.7. The second-order valence-electron chi connectivity index (χ2n) is 5.69. The Balaban J connectivity index is 1.94. The van der Waals surface area contributed by atoms with Crippen LogP contribution in [-0.4, -0.2) is 22.3 Å².